The Morgan fingerprint density at radius 1 is 1.08 bits per heavy atom. The maximum Gasteiger partial charge on any atom is 0.256 e. The Morgan fingerprint density at radius 3 is 2.75 bits per heavy atom. The molecule has 2 aromatic rings. The Bertz CT molecular complexity index is 818. The van der Waals surface area contributed by atoms with Crippen molar-refractivity contribution in [2.24, 2.45) is 0 Å². The van der Waals surface area contributed by atoms with Gasteiger partial charge in [-0.3, -0.25) is 9.59 Å². The third-order valence-electron chi connectivity index (χ3n) is 4.73. The third-order valence-corrected chi connectivity index (χ3v) is 4.73. The number of hydrogen-bond acceptors (Lipinski definition) is 4. The topological polar surface area (TPSA) is 49.9 Å². The third kappa shape index (κ3) is 2.24. The largest absolute Gasteiger partial charge is 0.497 e. The number of benzene rings is 2. The van der Waals surface area contributed by atoms with E-state index in [-0.39, 0.29) is 18.2 Å². The highest BCUT2D eigenvalue weighted by atomic mass is 16.5. The van der Waals surface area contributed by atoms with E-state index in [1.54, 1.807) is 31.4 Å². The summed E-state index contributed by atoms with van der Waals surface area (Å²) in [5, 5.41) is 0. The molecule has 2 aliphatic rings. The number of hydrogen-bond donors (Lipinski definition) is 0. The zero-order valence-electron chi connectivity index (χ0n) is 13.4. The molecule has 0 radical (unpaired) electrons. The molecule has 2 heterocycles. The zero-order chi connectivity index (χ0) is 16.7. The Kier molecular flexibility index (Phi) is 3.49. The average molecular weight is 322 g/mol. The molecule has 0 bridgehead atoms. The van der Waals surface area contributed by atoms with Gasteiger partial charge in [0.05, 0.1) is 19.2 Å². The van der Waals surface area contributed by atoms with Crippen molar-refractivity contribution in [3.63, 3.8) is 0 Å². The summed E-state index contributed by atoms with van der Waals surface area (Å²) in [6, 6.07) is 14.7. The molecule has 122 valence electrons. The predicted octanol–water partition coefficient (Wildman–Crippen LogP) is 2.39. The highest BCUT2D eigenvalue weighted by molar-refractivity contribution is 6.23. The summed E-state index contributed by atoms with van der Waals surface area (Å²) in [6.45, 7) is 0.773. The second-order valence-corrected chi connectivity index (χ2v) is 6.06. The Balaban J connectivity index is 1.65. The van der Waals surface area contributed by atoms with Crippen molar-refractivity contribution in [1.29, 1.82) is 0 Å². The van der Waals surface area contributed by atoms with Crippen molar-refractivity contribution >= 4 is 23.2 Å². The van der Waals surface area contributed by atoms with Crippen LogP contribution in [-0.2, 0) is 16.0 Å². The van der Waals surface area contributed by atoms with Crippen LogP contribution in [0.5, 0.6) is 5.75 Å². The van der Waals surface area contributed by atoms with Crippen LogP contribution >= 0.6 is 0 Å². The summed E-state index contributed by atoms with van der Waals surface area (Å²) in [5.74, 6) is 0.302. The predicted molar refractivity (Wildman–Crippen MR) is 91.4 cm³/mol. The monoisotopic (exact) mass is 322 g/mol. The molecule has 24 heavy (non-hydrogen) atoms. The molecule has 1 saturated heterocycles. The van der Waals surface area contributed by atoms with Gasteiger partial charge in [0.15, 0.2) is 0 Å². The van der Waals surface area contributed by atoms with Crippen LogP contribution in [0.2, 0.25) is 0 Å². The van der Waals surface area contributed by atoms with Crippen LogP contribution in [0.1, 0.15) is 12.0 Å². The minimum atomic E-state index is -0.424. The van der Waals surface area contributed by atoms with Crippen molar-refractivity contribution < 1.29 is 14.3 Å². The lowest BCUT2D eigenvalue weighted by Gasteiger charge is -2.25. The number of amides is 2. The van der Waals surface area contributed by atoms with E-state index in [1.807, 2.05) is 18.2 Å². The molecular weight excluding hydrogens is 304 g/mol. The first-order chi connectivity index (χ1) is 11.7. The van der Waals surface area contributed by atoms with Crippen LogP contribution in [-0.4, -0.2) is 31.5 Å². The number of ether oxygens (including phenoxy) is 1. The Labute approximate surface area is 140 Å². The number of fused-ring (bicyclic) bond motifs is 1. The fraction of sp³-hybridized carbons (Fsp3) is 0.263. The molecule has 0 N–H and O–H groups in total. The molecule has 0 spiro atoms. The van der Waals surface area contributed by atoms with Gasteiger partial charge < -0.3 is 9.64 Å². The van der Waals surface area contributed by atoms with Crippen LogP contribution in [0, 0.1) is 0 Å². The maximum absolute atomic E-state index is 12.9. The second-order valence-electron chi connectivity index (χ2n) is 6.06. The van der Waals surface area contributed by atoms with Crippen molar-refractivity contribution in [3.8, 4) is 5.75 Å². The van der Waals surface area contributed by atoms with Crippen LogP contribution in [0.25, 0.3) is 0 Å². The number of carbonyl (C=O) groups excluding carboxylic acids is 2. The van der Waals surface area contributed by atoms with Crippen molar-refractivity contribution in [1.82, 2.24) is 0 Å². The van der Waals surface area contributed by atoms with Gasteiger partial charge in [-0.25, -0.2) is 4.90 Å². The molecule has 0 saturated carbocycles. The van der Waals surface area contributed by atoms with Crippen LogP contribution < -0.4 is 14.5 Å². The molecule has 0 aliphatic carbocycles. The van der Waals surface area contributed by atoms with Gasteiger partial charge in [-0.05, 0) is 30.2 Å². The lowest BCUT2D eigenvalue weighted by Crippen LogP contribution is -2.41. The number of nitrogens with zero attached hydrogens (tertiary/aromatic N) is 2. The van der Waals surface area contributed by atoms with Crippen molar-refractivity contribution in [3.05, 3.63) is 54.1 Å². The van der Waals surface area contributed by atoms with Crippen LogP contribution in [0.3, 0.4) is 0 Å². The molecule has 1 fully saturated rings. The minimum Gasteiger partial charge on any atom is -0.497 e. The van der Waals surface area contributed by atoms with Crippen molar-refractivity contribution in [2.45, 2.75) is 18.9 Å². The summed E-state index contributed by atoms with van der Waals surface area (Å²) >= 11 is 0. The summed E-state index contributed by atoms with van der Waals surface area (Å²) < 4.78 is 5.20. The standard InChI is InChI=1S/C19H18N2O3/c1-24-15-7-4-6-14(11-15)21-18(22)12-17(19(21)23)20-10-9-13-5-2-3-8-16(13)20/h2-8,11,17H,9-10,12H2,1H3/t17-/m0/s1. The molecule has 2 aliphatic heterocycles. The van der Waals surface area contributed by atoms with Gasteiger partial charge in [0.25, 0.3) is 5.91 Å². The normalized spacial score (nSPS) is 19.8. The maximum atomic E-state index is 12.9. The molecule has 5 heteroatoms. The first-order valence-corrected chi connectivity index (χ1v) is 8.04. The molecule has 5 nitrogen and oxygen atoms in total. The van der Waals surface area contributed by atoms with Crippen molar-refractivity contribution in [2.75, 3.05) is 23.5 Å². The van der Waals surface area contributed by atoms with Crippen LogP contribution in [0.15, 0.2) is 48.5 Å². The van der Waals surface area contributed by atoms with Gasteiger partial charge in [0.1, 0.15) is 11.8 Å². The number of anilines is 2. The summed E-state index contributed by atoms with van der Waals surface area (Å²) in [7, 11) is 1.57. The highest BCUT2D eigenvalue weighted by Crippen LogP contribution is 2.34. The average Bonchev–Trinajstić information content (AvgIpc) is 3.15. The number of para-hydroxylation sites is 1. The summed E-state index contributed by atoms with van der Waals surface area (Å²) in [6.07, 6.45) is 1.12. The van der Waals surface area contributed by atoms with E-state index in [4.69, 9.17) is 4.74 Å². The highest BCUT2D eigenvalue weighted by Gasteiger charge is 2.44. The molecule has 0 unspecified atom stereocenters. The first kappa shape index (κ1) is 14.8. The van der Waals surface area contributed by atoms with Gasteiger partial charge in [-0.1, -0.05) is 24.3 Å². The molecule has 0 aromatic heterocycles. The van der Waals surface area contributed by atoms with Gasteiger partial charge in [0.2, 0.25) is 5.91 Å². The lowest BCUT2D eigenvalue weighted by molar-refractivity contribution is -0.121. The number of rotatable bonds is 3. The number of methoxy groups -OCH3 is 1. The van der Waals surface area contributed by atoms with Gasteiger partial charge >= 0.3 is 0 Å². The number of imide groups is 1. The van der Waals surface area contributed by atoms with Gasteiger partial charge in [-0.2, -0.15) is 0 Å². The molecule has 2 amide bonds. The van der Waals surface area contributed by atoms with Gasteiger partial charge in [-0.15, -0.1) is 0 Å². The zero-order valence-corrected chi connectivity index (χ0v) is 13.4. The number of carbonyl (C=O) groups is 2. The smallest absolute Gasteiger partial charge is 0.256 e. The van der Waals surface area contributed by atoms with Crippen LogP contribution in [0.4, 0.5) is 11.4 Å². The van der Waals surface area contributed by atoms with E-state index in [2.05, 4.69) is 11.0 Å². The molecule has 4 rings (SSSR count). The molecular formula is C19H18N2O3. The fourth-order valence-electron chi connectivity index (χ4n) is 3.57. The SMILES string of the molecule is COc1cccc(N2C(=O)C[C@H](N3CCc4ccccc43)C2=O)c1. The van der Waals surface area contributed by atoms with E-state index >= 15 is 0 Å². The minimum absolute atomic E-state index is 0.162. The quantitative estimate of drug-likeness (QED) is 0.814. The van der Waals surface area contributed by atoms with E-state index in [0.717, 1.165) is 18.7 Å². The van der Waals surface area contributed by atoms with Gasteiger partial charge in [0, 0.05) is 18.3 Å². The Morgan fingerprint density at radius 2 is 1.92 bits per heavy atom. The van der Waals surface area contributed by atoms with E-state index in [9.17, 15) is 9.59 Å². The first-order valence-electron chi connectivity index (χ1n) is 8.04. The fourth-order valence-corrected chi connectivity index (χ4v) is 3.57. The molecule has 2 aromatic carbocycles. The van der Waals surface area contributed by atoms with E-state index in [0.29, 0.717) is 11.4 Å². The van der Waals surface area contributed by atoms with E-state index in [1.165, 1.54) is 10.5 Å². The lowest BCUT2D eigenvalue weighted by atomic mass is 10.1. The second kappa shape index (κ2) is 5.67. The van der Waals surface area contributed by atoms with E-state index < -0.39 is 6.04 Å². The Hall–Kier alpha value is -2.82. The molecule has 1 atom stereocenters. The summed E-state index contributed by atoms with van der Waals surface area (Å²) in [5.41, 5.74) is 2.87. The summed E-state index contributed by atoms with van der Waals surface area (Å²) in [4.78, 5) is 28.8.